The fourth-order valence-electron chi connectivity index (χ4n) is 2.03. The van der Waals surface area contributed by atoms with Crippen LogP contribution in [0, 0.1) is 11.3 Å². The third kappa shape index (κ3) is 4.68. The molecular formula is C13H17NO8. The van der Waals surface area contributed by atoms with Gasteiger partial charge in [-0.25, -0.2) is 0 Å². The summed E-state index contributed by atoms with van der Waals surface area (Å²) in [6.07, 6.45) is -6.40. The van der Waals surface area contributed by atoms with Crippen molar-refractivity contribution in [3.8, 4) is 6.07 Å². The molecule has 0 bridgehead atoms. The van der Waals surface area contributed by atoms with Crippen LogP contribution in [0.15, 0.2) is 0 Å². The molecule has 1 aliphatic rings. The van der Waals surface area contributed by atoms with E-state index in [2.05, 4.69) is 0 Å². The third-order valence-electron chi connectivity index (χ3n) is 2.84. The third-order valence-corrected chi connectivity index (χ3v) is 2.84. The van der Waals surface area contributed by atoms with E-state index in [9.17, 15) is 19.5 Å². The Labute approximate surface area is 126 Å². The summed E-state index contributed by atoms with van der Waals surface area (Å²) in [5, 5.41) is 19.3. The molecular weight excluding hydrogens is 298 g/mol. The van der Waals surface area contributed by atoms with Crippen molar-refractivity contribution in [1.82, 2.24) is 0 Å². The predicted molar refractivity (Wildman–Crippen MR) is 68.0 cm³/mol. The summed E-state index contributed by atoms with van der Waals surface area (Å²) in [5.41, 5.74) is 0. The second kappa shape index (κ2) is 7.72. The van der Waals surface area contributed by atoms with E-state index < -0.39 is 48.4 Å². The van der Waals surface area contributed by atoms with Gasteiger partial charge in [-0.3, -0.25) is 14.4 Å². The van der Waals surface area contributed by atoms with E-state index in [1.807, 2.05) is 0 Å². The van der Waals surface area contributed by atoms with E-state index in [1.165, 1.54) is 6.92 Å². The summed E-state index contributed by atoms with van der Waals surface area (Å²) in [6, 6.07) is 1.74. The van der Waals surface area contributed by atoms with Gasteiger partial charge in [0.1, 0.15) is 18.8 Å². The highest BCUT2D eigenvalue weighted by Gasteiger charge is 2.49. The van der Waals surface area contributed by atoms with Crippen molar-refractivity contribution < 1.29 is 38.4 Å². The normalized spacial score (nSPS) is 30.8. The van der Waals surface area contributed by atoms with Crippen LogP contribution in [0.5, 0.6) is 0 Å². The Morgan fingerprint density at radius 2 is 1.64 bits per heavy atom. The molecule has 0 radical (unpaired) electrons. The zero-order valence-electron chi connectivity index (χ0n) is 12.3. The zero-order valence-corrected chi connectivity index (χ0v) is 12.3. The summed E-state index contributed by atoms with van der Waals surface area (Å²) < 4.78 is 19.9. The smallest absolute Gasteiger partial charge is 0.303 e. The molecule has 1 saturated heterocycles. The summed E-state index contributed by atoms with van der Waals surface area (Å²) in [4.78, 5) is 33.1. The largest absolute Gasteiger partial charge is 0.463 e. The highest BCUT2D eigenvalue weighted by atomic mass is 16.6. The van der Waals surface area contributed by atoms with Crippen molar-refractivity contribution in [2.24, 2.45) is 0 Å². The first-order valence-corrected chi connectivity index (χ1v) is 6.47. The van der Waals surface area contributed by atoms with Gasteiger partial charge in [0.15, 0.2) is 18.3 Å². The molecule has 1 N–H and O–H groups in total. The van der Waals surface area contributed by atoms with Gasteiger partial charge >= 0.3 is 17.9 Å². The van der Waals surface area contributed by atoms with Crippen LogP contribution in [0.25, 0.3) is 0 Å². The Balaban J connectivity index is 2.97. The van der Waals surface area contributed by atoms with Crippen LogP contribution in [0.4, 0.5) is 0 Å². The van der Waals surface area contributed by atoms with Crippen molar-refractivity contribution in [3.05, 3.63) is 0 Å². The molecule has 0 aliphatic carbocycles. The molecule has 0 spiro atoms. The van der Waals surface area contributed by atoms with Gasteiger partial charge in [-0.05, 0) is 0 Å². The van der Waals surface area contributed by atoms with Gasteiger partial charge < -0.3 is 24.1 Å². The highest BCUT2D eigenvalue weighted by Crippen LogP contribution is 2.26. The number of ether oxygens (including phenoxy) is 4. The highest BCUT2D eigenvalue weighted by molar-refractivity contribution is 5.67. The average Bonchev–Trinajstić information content (AvgIpc) is 2.41. The molecule has 9 nitrogen and oxygen atoms in total. The molecule has 1 fully saturated rings. The first-order valence-electron chi connectivity index (χ1n) is 6.47. The first-order chi connectivity index (χ1) is 10.3. The molecule has 5 atom stereocenters. The van der Waals surface area contributed by atoms with Crippen molar-refractivity contribution in [2.75, 3.05) is 6.61 Å². The quantitative estimate of drug-likeness (QED) is 0.515. The predicted octanol–water partition coefficient (Wildman–Crippen LogP) is -0.935. The molecule has 9 heteroatoms. The maximum atomic E-state index is 11.2. The fourth-order valence-corrected chi connectivity index (χ4v) is 2.03. The molecule has 1 rings (SSSR count). The topological polar surface area (TPSA) is 132 Å². The molecule has 0 aromatic heterocycles. The second-order valence-electron chi connectivity index (χ2n) is 4.67. The minimum Gasteiger partial charge on any atom is -0.463 e. The van der Waals surface area contributed by atoms with Gasteiger partial charge in [-0.1, -0.05) is 0 Å². The molecule has 0 aromatic rings. The number of carbonyl (C=O) groups is 3. The van der Waals surface area contributed by atoms with Crippen LogP contribution in [0.3, 0.4) is 0 Å². The Kier molecular flexibility index (Phi) is 6.27. The second-order valence-corrected chi connectivity index (χ2v) is 4.67. The number of nitriles is 1. The number of aliphatic hydroxyl groups is 1. The van der Waals surface area contributed by atoms with Gasteiger partial charge in [0.2, 0.25) is 0 Å². The van der Waals surface area contributed by atoms with E-state index in [-0.39, 0.29) is 6.61 Å². The van der Waals surface area contributed by atoms with Crippen molar-refractivity contribution >= 4 is 17.9 Å². The summed E-state index contributed by atoms with van der Waals surface area (Å²) >= 11 is 0. The average molecular weight is 315 g/mol. The van der Waals surface area contributed by atoms with Gasteiger partial charge in [0, 0.05) is 20.8 Å². The van der Waals surface area contributed by atoms with Gasteiger partial charge in [-0.15, -0.1) is 0 Å². The van der Waals surface area contributed by atoms with Crippen molar-refractivity contribution in [1.29, 1.82) is 5.26 Å². The Morgan fingerprint density at radius 1 is 1.09 bits per heavy atom. The minimum absolute atomic E-state index is 0.324. The molecule has 2 unspecified atom stereocenters. The molecule has 1 heterocycles. The van der Waals surface area contributed by atoms with Crippen LogP contribution in [-0.2, 0) is 33.3 Å². The zero-order chi connectivity index (χ0) is 16.9. The summed E-state index contributed by atoms with van der Waals surface area (Å²) in [6.45, 7) is 3.07. The summed E-state index contributed by atoms with van der Waals surface area (Å²) in [7, 11) is 0. The van der Waals surface area contributed by atoms with E-state index in [4.69, 9.17) is 24.2 Å². The lowest BCUT2D eigenvalue weighted by Gasteiger charge is -2.40. The molecule has 0 amide bonds. The lowest BCUT2D eigenvalue weighted by atomic mass is 9.95. The number of hydrogen-bond acceptors (Lipinski definition) is 9. The minimum atomic E-state index is -1.49. The van der Waals surface area contributed by atoms with E-state index in [1.54, 1.807) is 6.07 Å². The molecule has 122 valence electrons. The number of rotatable bonds is 4. The Bertz CT molecular complexity index is 483. The maximum Gasteiger partial charge on any atom is 0.303 e. The van der Waals surface area contributed by atoms with Crippen LogP contribution in [-0.4, -0.2) is 60.1 Å². The van der Waals surface area contributed by atoms with Gasteiger partial charge in [0.05, 0.1) is 6.07 Å². The number of esters is 3. The van der Waals surface area contributed by atoms with Crippen LogP contribution < -0.4 is 0 Å². The van der Waals surface area contributed by atoms with Crippen LogP contribution in [0.2, 0.25) is 0 Å². The molecule has 0 aromatic carbocycles. The number of aliphatic hydroxyl groups excluding tert-OH is 1. The maximum absolute atomic E-state index is 11.2. The number of hydrogen-bond donors (Lipinski definition) is 1. The Morgan fingerprint density at radius 3 is 2.09 bits per heavy atom. The fraction of sp³-hybridized carbons (Fsp3) is 0.692. The standard InChI is InChI=1S/C13H17NO8/c1-6(15)19-5-10-13(21-8(3)17)11(18)12(20-7(2)16)9(4-14)22-10/h9-13,18H,5H2,1-3H3/t9-,10?,11?,12+,13-/m0/s1. The monoisotopic (exact) mass is 315 g/mol. The van der Waals surface area contributed by atoms with E-state index in [0.717, 1.165) is 13.8 Å². The van der Waals surface area contributed by atoms with E-state index >= 15 is 0 Å². The summed E-state index contributed by atoms with van der Waals surface area (Å²) in [5.74, 6) is -2.04. The molecule has 0 saturated carbocycles. The SMILES string of the molecule is CC(=O)OCC1O[C@@H](C#N)[C@@H](OC(C)=O)C(O)[C@H]1OC(C)=O. The Hall–Kier alpha value is -2.18. The number of nitrogens with zero attached hydrogens (tertiary/aromatic N) is 1. The van der Waals surface area contributed by atoms with Crippen molar-refractivity contribution in [3.63, 3.8) is 0 Å². The first kappa shape index (κ1) is 17.9. The number of carbonyl (C=O) groups excluding carboxylic acids is 3. The molecule has 1 aliphatic heterocycles. The lowest BCUT2D eigenvalue weighted by Crippen LogP contribution is -2.60. The van der Waals surface area contributed by atoms with E-state index in [0.29, 0.717) is 0 Å². The van der Waals surface area contributed by atoms with Crippen LogP contribution in [0.1, 0.15) is 20.8 Å². The van der Waals surface area contributed by atoms with Gasteiger partial charge in [0.25, 0.3) is 0 Å². The lowest BCUT2D eigenvalue weighted by molar-refractivity contribution is -0.236. The molecule has 22 heavy (non-hydrogen) atoms. The van der Waals surface area contributed by atoms with Crippen molar-refractivity contribution in [2.45, 2.75) is 51.3 Å². The van der Waals surface area contributed by atoms with Gasteiger partial charge in [-0.2, -0.15) is 5.26 Å². The van der Waals surface area contributed by atoms with Crippen LogP contribution >= 0.6 is 0 Å².